The zero-order valence-electron chi connectivity index (χ0n) is 4.22. The third kappa shape index (κ3) is 0.734. The third-order valence-corrected chi connectivity index (χ3v) is 1.43. The smallest absolute Gasteiger partial charge is 0.306 e. The summed E-state index contributed by atoms with van der Waals surface area (Å²) < 4.78 is 0. The highest BCUT2D eigenvalue weighted by atomic mass is 16.4. The van der Waals surface area contributed by atoms with Crippen molar-refractivity contribution in [1.29, 1.82) is 0 Å². The maximum Gasteiger partial charge on any atom is 0.306 e. The molecule has 0 heterocycles. The van der Waals surface area contributed by atoms with E-state index in [-0.39, 0.29) is 5.92 Å². The molecule has 0 amide bonds. The number of aliphatic carboxylic acids is 1. The Morgan fingerprint density at radius 3 is 2.29 bits per heavy atom. The number of hydrogen-bond acceptors (Lipinski definition) is 1. The minimum absolute atomic E-state index is 0.0139. The molecule has 2 heteroatoms. The molecule has 1 saturated carbocycles. The summed E-state index contributed by atoms with van der Waals surface area (Å²) in [4.78, 5) is 9.97. The third-order valence-electron chi connectivity index (χ3n) is 1.43. The maximum atomic E-state index is 9.97. The van der Waals surface area contributed by atoms with Crippen LogP contribution in [0.15, 0.2) is 0 Å². The highest BCUT2D eigenvalue weighted by molar-refractivity contribution is 5.73. The molecule has 0 aromatic heterocycles. The molecule has 7 heavy (non-hydrogen) atoms. The summed E-state index contributed by atoms with van der Waals surface area (Å²) in [5, 5.41) is 8.22. The molecule has 1 aliphatic rings. The van der Waals surface area contributed by atoms with Crippen molar-refractivity contribution in [1.82, 2.24) is 0 Å². The summed E-state index contributed by atoms with van der Waals surface area (Å²) >= 11 is 0. The van der Waals surface area contributed by atoms with Crippen LogP contribution in [0, 0.1) is 11.8 Å². The SMILES string of the molecule is C[C@H]1CC1C(=O)O. The van der Waals surface area contributed by atoms with E-state index in [2.05, 4.69) is 0 Å². The molecule has 0 spiro atoms. The Hall–Kier alpha value is -0.530. The van der Waals surface area contributed by atoms with Crippen molar-refractivity contribution in [3.05, 3.63) is 0 Å². The molecule has 1 fully saturated rings. The monoisotopic (exact) mass is 100 g/mol. The first kappa shape index (κ1) is 4.62. The molecule has 1 aliphatic carbocycles. The molecule has 40 valence electrons. The number of rotatable bonds is 1. The summed E-state index contributed by atoms with van der Waals surface area (Å²) in [6.07, 6.45) is 0.884. The minimum atomic E-state index is -0.632. The molecule has 2 nitrogen and oxygen atoms in total. The number of hydrogen-bond donors (Lipinski definition) is 1. The highest BCUT2D eigenvalue weighted by Gasteiger charge is 2.38. The van der Waals surface area contributed by atoms with Gasteiger partial charge in [0.05, 0.1) is 5.92 Å². The van der Waals surface area contributed by atoms with Gasteiger partial charge in [-0.25, -0.2) is 0 Å². The lowest BCUT2D eigenvalue weighted by molar-refractivity contribution is -0.138. The van der Waals surface area contributed by atoms with E-state index in [4.69, 9.17) is 5.11 Å². The number of carboxylic acids is 1. The first-order valence-corrected chi connectivity index (χ1v) is 2.44. The molecule has 1 unspecified atom stereocenters. The van der Waals surface area contributed by atoms with Crippen LogP contribution in [0.3, 0.4) is 0 Å². The van der Waals surface area contributed by atoms with E-state index in [9.17, 15) is 4.79 Å². The molecule has 2 atom stereocenters. The Kier molecular flexibility index (Phi) is 0.805. The summed E-state index contributed by atoms with van der Waals surface area (Å²) in [5.74, 6) is -0.204. The van der Waals surface area contributed by atoms with Crippen LogP contribution >= 0.6 is 0 Å². The molecule has 0 radical (unpaired) electrons. The van der Waals surface area contributed by atoms with Gasteiger partial charge in [0.25, 0.3) is 0 Å². The zero-order chi connectivity index (χ0) is 5.44. The van der Waals surface area contributed by atoms with Gasteiger partial charge >= 0.3 is 5.97 Å². The van der Waals surface area contributed by atoms with Crippen molar-refractivity contribution < 1.29 is 9.90 Å². The van der Waals surface area contributed by atoms with E-state index in [1.54, 1.807) is 0 Å². The van der Waals surface area contributed by atoms with Gasteiger partial charge in [0.1, 0.15) is 0 Å². The number of carbonyl (C=O) groups is 1. The van der Waals surface area contributed by atoms with Crippen LogP contribution in [0.5, 0.6) is 0 Å². The van der Waals surface area contributed by atoms with Gasteiger partial charge in [0.2, 0.25) is 0 Å². The Balaban J connectivity index is 2.33. The van der Waals surface area contributed by atoms with Gasteiger partial charge in [-0.2, -0.15) is 0 Å². The second kappa shape index (κ2) is 1.22. The van der Waals surface area contributed by atoms with Crippen LogP contribution in [0.1, 0.15) is 13.3 Å². The van der Waals surface area contributed by atoms with Crippen molar-refractivity contribution in [2.45, 2.75) is 13.3 Å². The summed E-state index contributed by atoms with van der Waals surface area (Å²) in [7, 11) is 0. The second-order valence-electron chi connectivity index (χ2n) is 2.16. The molecular weight excluding hydrogens is 92.1 g/mol. The lowest BCUT2D eigenvalue weighted by atomic mass is 10.3. The number of carboxylic acid groups (broad SMARTS) is 1. The summed E-state index contributed by atoms with van der Waals surface area (Å²) in [6, 6.07) is 0. The summed E-state index contributed by atoms with van der Waals surface area (Å²) in [6.45, 7) is 1.96. The van der Waals surface area contributed by atoms with Gasteiger partial charge in [-0.15, -0.1) is 0 Å². The second-order valence-corrected chi connectivity index (χ2v) is 2.16. The van der Waals surface area contributed by atoms with Gasteiger partial charge in [-0.05, 0) is 12.3 Å². The van der Waals surface area contributed by atoms with E-state index < -0.39 is 5.97 Å². The van der Waals surface area contributed by atoms with Crippen LogP contribution in [0.2, 0.25) is 0 Å². The van der Waals surface area contributed by atoms with Crippen LogP contribution in [0.4, 0.5) is 0 Å². The molecule has 0 aliphatic heterocycles. The predicted octanol–water partition coefficient (Wildman–Crippen LogP) is 0.727. The predicted molar refractivity (Wildman–Crippen MR) is 24.9 cm³/mol. The fraction of sp³-hybridized carbons (Fsp3) is 0.800. The lowest BCUT2D eigenvalue weighted by Crippen LogP contribution is -1.97. The van der Waals surface area contributed by atoms with Crippen molar-refractivity contribution in [2.24, 2.45) is 11.8 Å². The van der Waals surface area contributed by atoms with E-state index in [0.717, 1.165) is 6.42 Å². The molecular formula is C5H8O2. The van der Waals surface area contributed by atoms with Crippen molar-refractivity contribution in [3.8, 4) is 0 Å². The Labute approximate surface area is 42.1 Å². The molecule has 1 N–H and O–H groups in total. The van der Waals surface area contributed by atoms with Gasteiger partial charge < -0.3 is 5.11 Å². The first-order chi connectivity index (χ1) is 3.22. The topological polar surface area (TPSA) is 37.3 Å². The van der Waals surface area contributed by atoms with Crippen LogP contribution in [0.25, 0.3) is 0 Å². The van der Waals surface area contributed by atoms with Gasteiger partial charge in [-0.1, -0.05) is 6.92 Å². The van der Waals surface area contributed by atoms with Gasteiger partial charge in [0, 0.05) is 0 Å². The standard InChI is InChI=1S/C5H8O2/c1-3-2-4(3)5(6)7/h3-4H,2H2,1H3,(H,6,7)/t3-,4?/m0/s1. The average molecular weight is 100 g/mol. The fourth-order valence-electron chi connectivity index (χ4n) is 0.666. The van der Waals surface area contributed by atoms with E-state index >= 15 is 0 Å². The maximum absolute atomic E-state index is 9.97. The van der Waals surface area contributed by atoms with Crippen LogP contribution in [-0.4, -0.2) is 11.1 Å². The van der Waals surface area contributed by atoms with E-state index in [1.165, 1.54) is 0 Å². The quantitative estimate of drug-likeness (QED) is 0.527. The zero-order valence-corrected chi connectivity index (χ0v) is 4.22. The largest absolute Gasteiger partial charge is 0.481 e. The van der Waals surface area contributed by atoms with Gasteiger partial charge in [0.15, 0.2) is 0 Å². The van der Waals surface area contributed by atoms with Crippen molar-refractivity contribution in [2.75, 3.05) is 0 Å². The molecule has 0 aromatic rings. The Bertz CT molecular complexity index is 98.3. The fourth-order valence-corrected chi connectivity index (χ4v) is 0.666. The van der Waals surface area contributed by atoms with Crippen LogP contribution < -0.4 is 0 Å². The summed E-state index contributed by atoms with van der Waals surface area (Å²) in [5.41, 5.74) is 0. The Morgan fingerprint density at radius 2 is 2.29 bits per heavy atom. The average Bonchev–Trinajstić information content (AvgIpc) is 2.17. The van der Waals surface area contributed by atoms with Crippen molar-refractivity contribution >= 4 is 5.97 Å². The van der Waals surface area contributed by atoms with E-state index in [1.807, 2.05) is 6.92 Å². The van der Waals surface area contributed by atoms with E-state index in [0.29, 0.717) is 5.92 Å². The molecule has 0 saturated heterocycles. The molecule has 1 rings (SSSR count). The molecule has 0 aromatic carbocycles. The van der Waals surface area contributed by atoms with Gasteiger partial charge in [-0.3, -0.25) is 4.79 Å². The van der Waals surface area contributed by atoms with Crippen molar-refractivity contribution in [3.63, 3.8) is 0 Å². The van der Waals surface area contributed by atoms with Crippen LogP contribution in [-0.2, 0) is 4.79 Å². The normalized spacial score (nSPS) is 37.9. The minimum Gasteiger partial charge on any atom is -0.481 e. The molecule has 0 bridgehead atoms. The Morgan fingerprint density at radius 1 is 1.86 bits per heavy atom. The highest BCUT2D eigenvalue weighted by Crippen LogP contribution is 2.37. The first-order valence-electron chi connectivity index (χ1n) is 2.44. The lowest BCUT2D eigenvalue weighted by Gasteiger charge is -1.79.